The second-order valence-electron chi connectivity index (χ2n) is 6.31. The molecule has 1 amide bonds. The molecule has 0 fully saturated rings. The number of hydrogen-bond donors (Lipinski definition) is 2. The quantitative estimate of drug-likeness (QED) is 0.760. The molecule has 1 heterocycles. The van der Waals surface area contributed by atoms with Crippen LogP contribution in [0.25, 0.3) is 10.8 Å². The zero-order valence-corrected chi connectivity index (χ0v) is 13.3. The van der Waals surface area contributed by atoms with Gasteiger partial charge in [0.1, 0.15) is 0 Å². The number of aliphatic hydroxyl groups excluding tert-OH is 1. The molecule has 0 saturated carbocycles. The van der Waals surface area contributed by atoms with Crippen molar-refractivity contribution in [3.63, 3.8) is 0 Å². The fourth-order valence-electron chi connectivity index (χ4n) is 3.46. The molecule has 24 heavy (non-hydrogen) atoms. The molecule has 0 spiro atoms. The Hall–Kier alpha value is -2.65. The van der Waals surface area contributed by atoms with E-state index in [1.54, 1.807) is 0 Å². The summed E-state index contributed by atoms with van der Waals surface area (Å²) in [4.78, 5) is 12.0. The molecule has 3 heteroatoms. The summed E-state index contributed by atoms with van der Waals surface area (Å²) in [7, 11) is 0. The maximum atomic E-state index is 12.0. The Labute approximate surface area is 140 Å². The van der Waals surface area contributed by atoms with Gasteiger partial charge >= 0.3 is 0 Å². The van der Waals surface area contributed by atoms with E-state index in [9.17, 15) is 9.90 Å². The first-order chi connectivity index (χ1) is 11.7. The van der Waals surface area contributed by atoms with Gasteiger partial charge in [-0.1, -0.05) is 54.6 Å². The minimum absolute atomic E-state index is 0.0104. The molecule has 4 rings (SSSR count). The standard InChI is InChI=1S/C21H19NO2/c23-20(16-10-9-14-5-1-2-6-15(14)13-16)12-11-19-17-7-3-4-8-18(17)21(24)22-19/h1-10,13,19-20,23H,11-12H2,(H,22,24)/t19-,20?/m1/s1. The summed E-state index contributed by atoms with van der Waals surface area (Å²) in [6, 6.07) is 21.9. The summed E-state index contributed by atoms with van der Waals surface area (Å²) in [5.41, 5.74) is 2.71. The average molecular weight is 317 g/mol. The molecule has 3 aromatic carbocycles. The second-order valence-corrected chi connectivity index (χ2v) is 6.31. The number of hydrogen-bond acceptors (Lipinski definition) is 2. The van der Waals surface area contributed by atoms with Gasteiger partial charge in [-0.15, -0.1) is 0 Å². The molecular formula is C21H19NO2. The van der Waals surface area contributed by atoms with Crippen molar-refractivity contribution in [1.82, 2.24) is 5.32 Å². The molecule has 1 unspecified atom stereocenters. The summed E-state index contributed by atoms with van der Waals surface area (Å²) in [5, 5.41) is 15.9. The molecule has 0 radical (unpaired) electrons. The van der Waals surface area contributed by atoms with Crippen LogP contribution < -0.4 is 5.32 Å². The molecular weight excluding hydrogens is 298 g/mol. The van der Waals surface area contributed by atoms with Crippen LogP contribution in [0.3, 0.4) is 0 Å². The van der Waals surface area contributed by atoms with Crippen molar-refractivity contribution in [2.24, 2.45) is 0 Å². The molecule has 1 aliphatic rings. The van der Waals surface area contributed by atoms with Gasteiger partial charge in [0, 0.05) is 5.56 Å². The number of carbonyl (C=O) groups excluding carboxylic acids is 1. The maximum Gasteiger partial charge on any atom is 0.252 e. The van der Waals surface area contributed by atoms with Crippen LogP contribution in [0.2, 0.25) is 0 Å². The molecule has 3 nitrogen and oxygen atoms in total. The van der Waals surface area contributed by atoms with Crippen LogP contribution >= 0.6 is 0 Å². The smallest absolute Gasteiger partial charge is 0.252 e. The highest BCUT2D eigenvalue weighted by atomic mass is 16.3. The Balaban J connectivity index is 1.48. The van der Waals surface area contributed by atoms with Crippen molar-refractivity contribution < 1.29 is 9.90 Å². The number of aliphatic hydroxyl groups is 1. The van der Waals surface area contributed by atoms with Crippen LogP contribution in [0.4, 0.5) is 0 Å². The highest BCUT2D eigenvalue weighted by Crippen LogP contribution is 2.31. The van der Waals surface area contributed by atoms with E-state index in [1.807, 2.05) is 54.6 Å². The summed E-state index contributed by atoms with van der Waals surface area (Å²) >= 11 is 0. The lowest BCUT2D eigenvalue weighted by atomic mass is 9.96. The Kier molecular flexibility index (Phi) is 3.79. The Morgan fingerprint density at radius 1 is 0.958 bits per heavy atom. The minimum atomic E-state index is -0.528. The van der Waals surface area contributed by atoms with Crippen molar-refractivity contribution >= 4 is 16.7 Å². The first-order valence-electron chi connectivity index (χ1n) is 8.29. The van der Waals surface area contributed by atoms with E-state index >= 15 is 0 Å². The number of rotatable bonds is 4. The topological polar surface area (TPSA) is 49.3 Å². The summed E-state index contributed by atoms with van der Waals surface area (Å²) in [5.74, 6) is -0.0178. The van der Waals surface area contributed by atoms with E-state index in [2.05, 4.69) is 17.4 Å². The zero-order chi connectivity index (χ0) is 16.5. The monoisotopic (exact) mass is 317 g/mol. The third kappa shape index (κ3) is 2.68. The van der Waals surface area contributed by atoms with Crippen molar-refractivity contribution in [1.29, 1.82) is 0 Å². The van der Waals surface area contributed by atoms with Crippen LogP contribution in [-0.4, -0.2) is 11.0 Å². The molecule has 1 aliphatic heterocycles. The zero-order valence-electron chi connectivity index (χ0n) is 13.3. The Bertz CT molecular complexity index is 903. The lowest BCUT2D eigenvalue weighted by Gasteiger charge is -2.16. The van der Waals surface area contributed by atoms with Gasteiger partial charge in [-0.25, -0.2) is 0 Å². The van der Waals surface area contributed by atoms with E-state index in [0.29, 0.717) is 6.42 Å². The van der Waals surface area contributed by atoms with Crippen LogP contribution in [-0.2, 0) is 0 Å². The maximum absolute atomic E-state index is 12.0. The largest absolute Gasteiger partial charge is 0.388 e. The number of benzene rings is 3. The Morgan fingerprint density at radius 2 is 1.71 bits per heavy atom. The molecule has 3 aromatic rings. The number of carbonyl (C=O) groups is 1. The van der Waals surface area contributed by atoms with Gasteiger partial charge in [-0.3, -0.25) is 4.79 Å². The van der Waals surface area contributed by atoms with Crippen LogP contribution in [0.15, 0.2) is 66.7 Å². The van der Waals surface area contributed by atoms with E-state index in [1.165, 1.54) is 5.39 Å². The second kappa shape index (κ2) is 6.10. The number of amides is 1. The van der Waals surface area contributed by atoms with E-state index < -0.39 is 6.10 Å². The van der Waals surface area contributed by atoms with Gasteiger partial charge in [0.2, 0.25) is 0 Å². The molecule has 0 aliphatic carbocycles. The third-order valence-electron chi connectivity index (χ3n) is 4.77. The first kappa shape index (κ1) is 14.9. The fourth-order valence-corrected chi connectivity index (χ4v) is 3.46. The van der Waals surface area contributed by atoms with Crippen LogP contribution in [0.5, 0.6) is 0 Å². The van der Waals surface area contributed by atoms with Gasteiger partial charge in [-0.2, -0.15) is 0 Å². The highest BCUT2D eigenvalue weighted by molar-refractivity contribution is 5.99. The molecule has 2 N–H and O–H groups in total. The van der Waals surface area contributed by atoms with Gasteiger partial charge in [0.15, 0.2) is 0 Å². The average Bonchev–Trinajstić information content (AvgIpc) is 2.95. The van der Waals surface area contributed by atoms with Gasteiger partial charge in [-0.05, 0) is 46.9 Å². The number of nitrogens with one attached hydrogen (secondary N) is 1. The normalized spacial score (nSPS) is 17.5. The predicted molar refractivity (Wildman–Crippen MR) is 94.8 cm³/mol. The molecule has 2 atom stereocenters. The van der Waals surface area contributed by atoms with Crippen molar-refractivity contribution in [2.75, 3.05) is 0 Å². The van der Waals surface area contributed by atoms with Crippen molar-refractivity contribution in [3.05, 3.63) is 83.4 Å². The molecule has 0 saturated heterocycles. The van der Waals surface area contributed by atoms with Gasteiger partial charge < -0.3 is 10.4 Å². The molecule has 0 bridgehead atoms. The minimum Gasteiger partial charge on any atom is -0.388 e. The number of fused-ring (bicyclic) bond motifs is 2. The fraction of sp³-hybridized carbons (Fsp3) is 0.190. The summed E-state index contributed by atoms with van der Waals surface area (Å²) < 4.78 is 0. The highest BCUT2D eigenvalue weighted by Gasteiger charge is 2.28. The molecule has 120 valence electrons. The first-order valence-corrected chi connectivity index (χ1v) is 8.29. The third-order valence-corrected chi connectivity index (χ3v) is 4.77. The van der Waals surface area contributed by atoms with Crippen molar-refractivity contribution in [2.45, 2.75) is 25.0 Å². The van der Waals surface area contributed by atoms with Crippen LogP contribution in [0.1, 0.15) is 46.5 Å². The van der Waals surface area contributed by atoms with Crippen molar-refractivity contribution in [3.8, 4) is 0 Å². The van der Waals surface area contributed by atoms with Gasteiger partial charge in [0.05, 0.1) is 12.1 Å². The van der Waals surface area contributed by atoms with Crippen LogP contribution in [0, 0.1) is 0 Å². The van der Waals surface area contributed by atoms with E-state index in [0.717, 1.165) is 28.5 Å². The van der Waals surface area contributed by atoms with E-state index in [4.69, 9.17) is 0 Å². The SMILES string of the molecule is O=C1N[C@H](CCC(O)c2ccc3ccccc3c2)c2ccccc21. The summed E-state index contributed by atoms with van der Waals surface area (Å²) in [6.45, 7) is 0. The summed E-state index contributed by atoms with van der Waals surface area (Å²) in [6.07, 6.45) is 0.799. The Morgan fingerprint density at radius 3 is 2.58 bits per heavy atom. The van der Waals surface area contributed by atoms with Gasteiger partial charge in [0.25, 0.3) is 5.91 Å². The lowest BCUT2D eigenvalue weighted by Crippen LogP contribution is -2.19. The van der Waals surface area contributed by atoms with E-state index in [-0.39, 0.29) is 11.9 Å². The predicted octanol–water partition coefficient (Wildman–Crippen LogP) is 4.14. The lowest BCUT2D eigenvalue weighted by molar-refractivity contribution is 0.0948. The molecule has 0 aromatic heterocycles.